The van der Waals surface area contributed by atoms with Gasteiger partial charge in [-0.3, -0.25) is 4.90 Å². The first-order valence-corrected chi connectivity index (χ1v) is 7.67. The molecule has 2 aliphatic rings. The smallest absolute Gasteiger partial charge is 0.127 e. The maximum Gasteiger partial charge on any atom is 0.127 e. The number of benzene rings is 2. The molecule has 0 amide bonds. The van der Waals surface area contributed by atoms with Gasteiger partial charge in [0, 0.05) is 18.5 Å². The number of ether oxygens (including phenoxy) is 1. The number of carbonyl (C=O) groups is 1. The molecule has 108 valence electrons. The van der Waals surface area contributed by atoms with E-state index in [4.69, 9.17) is 4.74 Å². The average molecular weight is 281 g/mol. The van der Waals surface area contributed by atoms with Crippen molar-refractivity contribution >= 4 is 17.1 Å². The Hall–Kier alpha value is -1.87. The Balaban J connectivity index is 1.66. The molecule has 0 aromatic heterocycles. The van der Waals surface area contributed by atoms with Crippen LogP contribution in [0.2, 0.25) is 0 Å². The number of carbonyl (C=O) groups excluding carboxylic acids is 1. The highest BCUT2D eigenvalue weighted by atomic mass is 16.5. The Kier molecular flexibility index (Phi) is 3.15. The van der Waals surface area contributed by atoms with Crippen molar-refractivity contribution in [2.24, 2.45) is 11.8 Å². The second kappa shape index (κ2) is 5.15. The van der Waals surface area contributed by atoms with Crippen molar-refractivity contribution in [2.75, 3.05) is 19.6 Å². The van der Waals surface area contributed by atoms with Gasteiger partial charge in [0.15, 0.2) is 0 Å². The van der Waals surface area contributed by atoms with E-state index in [2.05, 4.69) is 23.1 Å². The summed E-state index contributed by atoms with van der Waals surface area (Å²) in [5.41, 5.74) is 0. The molecule has 3 nitrogen and oxygen atoms in total. The van der Waals surface area contributed by atoms with E-state index in [-0.39, 0.29) is 12.0 Å². The average Bonchev–Trinajstić information content (AvgIpc) is 2.90. The fourth-order valence-corrected chi connectivity index (χ4v) is 3.80. The quantitative estimate of drug-likeness (QED) is 0.810. The minimum atomic E-state index is -0.0189. The van der Waals surface area contributed by atoms with Crippen molar-refractivity contribution in [2.45, 2.75) is 12.5 Å². The SMILES string of the molecule is O=CC1C2CCN(C2)CC1Oc1cccc2ccccc12. The Morgan fingerprint density at radius 1 is 1.10 bits per heavy atom. The van der Waals surface area contributed by atoms with Crippen molar-refractivity contribution < 1.29 is 9.53 Å². The molecule has 0 saturated carbocycles. The Morgan fingerprint density at radius 2 is 1.95 bits per heavy atom. The monoisotopic (exact) mass is 281 g/mol. The van der Waals surface area contributed by atoms with Crippen LogP contribution in [0.5, 0.6) is 5.75 Å². The lowest BCUT2D eigenvalue weighted by Crippen LogP contribution is -2.47. The first-order chi connectivity index (χ1) is 10.3. The van der Waals surface area contributed by atoms with Gasteiger partial charge in [-0.05, 0) is 30.3 Å². The van der Waals surface area contributed by atoms with E-state index in [1.54, 1.807) is 0 Å². The lowest BCUT2D eigenvalue weighted by atomic mass is 9.86. The standard InChI is InChI=1S/C18H19NO2/c20-12-16-14-8-9-19(10-14)11-18(16)21-17-7-3-5-13-4-1-2-6-15(13)17/h1-7,12,14,16,18H,8-11H2. The zero-order chi connectivity index (χ0) is 14.2. The minimum Gasteiger partial charge on any atom is -0.488 e. The van der Waals surface area contributed by atoms with Crippen LogP contribution in [-0.4, -0.2) is 36.9 Å². The zero-order valence-corrected chi connectivity index (χ0v) is 11.9. The van der Waals surface area contributed by atoms with Crippen molar-refractivity contribution in [1.29, 1.82) is 0 Å². The molecule has 3 heteroatoms. The first kappa shape index (κ1) is 12.8. The van der Waals surface area contributed by atoms with Gasteiger partial charge >= 0.3 is 0 Å². The van der Waals surface area contributed by atoms with Gasteiger partial charge in [0.25, 0.3) is 0 Å². The zero-order valence-electron chi connectivity index (χ0n) is 11.9. The first-order valence-electron chi connectivity index (χ1n) is 7.67. The third-order valence-electron chi connectivity index (χ3n) is 4.91. The summed E-state index contributed by atoms with van der Waals surface area (Å²) in [4.78, 5) is 13.9. The third kappa shape index (κ3) is 2.22. The number of hydrogen-bond acceptors (Lipinski definition) is 3. The summed E-state index contributed by atoms with van der Waals surface area (Å²) in [6.07, 6.45) is 2.22. The van der Waals surface area contributed by atoms with Crippen LogP contribution in [0.25, 0.3) is 10.8 Å². The van der Waals surface area contributed by atoms with E-state index in [9.17, 15) is 4.79 Å². The van der Waals surface area contributed by atoms with E-state index < -0.39 is 0 Å². The maximum atomic E-state index is 11.5. The largest absolute Gasteiger partial charge is 0.488 e. The van der Waals surface area contributed by atoms with E-state index in [0.717, 1.165) is 43.5 Å². The van der Waals surface area contributed by atoms with Crippen LogP contribution in [0.4, 0.5) is 0 Å². The number of fused-ring (bicyclic) bond motifs is 3. The van der Waals surface area contributed by atoms with Gasteiger partial charge in [-0.2, -0.15) is 0 Å². The highest BCUT2D eigenvalue weighted by Crippen LogP contribution is 2.35. The predicted molar refractivity (Wildman–Crippen MR) is 82.5 cm³/mol. The lowest BCUT2D eigenvalue weighted by Gasteiger charge is -2.35. The molecular weight excluding hydrogens is 262 g/mol. The molecule has 2 aromatic rings. The van der Waals surface area contributed by atoms with Crippen LogP contribution in [-0.2, 0) is 4.79 Å². The number of rotatable bonds is 3. The Bertz CT molecular complexity index is 664. The van der Waals surface area contributed by atoms with E-state index in [1.165, 1.54) is 5.39 Å². The molecule has 2 aromatic carbocycles. The molecule has 4 rings (SSSR count). The van der Waals surface area contributed by atoms with Crippen molar-refractivity contribution in [1.82, 2.24) is 4.90 Å². The molecule has 2 bridgehead atoms. The van der Waals surface area contributed by atoms with Crippen LogP contribution in [0, 0.1) is 11.8 Å². The van der Waals surface area contributed by atoms with Crippen LogP contribution >= 0.6 is 0 Å². The summed E-state index contributed by atoms with van der Waals surface area (Å²) in [5.74, 6) is 1.39. The molecule has 2 saturated heterocycles. The van der Waals surface area contributed by atoms with Crippen LogP contribution in [0.3, 0.4) is 0 Å². The van der Waals surface area contributed by atoms with Crippen LogP contribution in [0.15, 0.2) is 42.5 Å². The maximum absolute atomic E-state index is 11.5. The normalized spacial score (nSPS) is 31.2. The Labute approximate surface area is 124 Å². The fraction of sp³-hybridized carbons (Fsp3) is 0.389. The van der Waals surface area contributed by atoms with Crippen molar-refractivity contribution in [3.05, 3.63) is 42.5 Å². The molecule has 0 radical (unpaired) electrons. The van der Waals surface area contributed by atoms with E-state index in [1.807, 2.05) is 24.3 Å². The number of aldehydes is 1. The minimum absolute atomic E-state index is 0.0189. The van der Waals surface area contributed by atoms with Crippen LogP contribution in [0.1, 0.15) is 6.42 Å². The second-order valence-corrected chi connectivity index (χ2v) is 6.16. The van der Waals surface area contributed by atoms with Gasteiger partial charge in [-0.15, -0.1) is 0 Å². The van der Waals surface area contributed by atoms with Gasteiger partial charge in [0.05, 0.1) is 5.92 Å². The molecule has 0 N–H and O–H groups in total. The topological polar surface area (TPSA) is 29.5 Å². The van der Waals surface area contributed by atoms with Crippen molar-refractivity contribution in [3.63, 3.8) is 0 Å². The molecular formula is C18H19NO2. The third-order valence-corrected chi connectivity index (χ3v) is 4.91. The van der Waals surface area contributed by atoms with Gasteiger partial charge < -0.3 is 9.53 Å². The number of piperidine rings is 1. The summed E-state index contributed by atoms with van der Waals surface area (Å²) in [6, 6.07) is 14.4. The van der Waals surface area contributed by atoms with Gasteiger partial charge in [0.2, 0.25) is 0 Å². The summed E-state index contributed by atoms with van der Waals surface area (Å²) < 4.78 is 6.28. The Morgan fingerprint density at radius 3 is 2.86 bits per heavy atom. The van der Waals surface area contributed by atoms with E-state index >= 15 is 0 Å². The van der Waals surface area contributed by atoms with Gasteiger partial charge in [-0.25, -0.2) is 0 Å². The van der Waals surface area contributed by atoms with E-state index in [0.29, 0.717) is 5.92 Å². The fourth-order valence-electron chi connectivity index (χ4n) is 3.80. The number of nitrogens with zero attached hydrogens (tertiary/aromatic N) is 1. The van der Waals surface area contributed by atoms with Gasteiger partial charge in [-0.1, -0.05) is 36.4 Å². The van der Waals surface area contributed by atoms with Gasteiger partial charge in [0.1, 0.15) is 18.1 Å². The summed E-state index contributed by atoms with van der Waals surface area (Å²) in [5, 5.41) is 2.30. The predicted octanol–water partition coefficient (Wildman–Crippen LogP) is 2.74. The second-order valence-electron chi connectivity index (χ2n) is 6.16. The highest BCUT2D eigenvalue weighted by molar-refractivity contribution is 5.88. The van der Waals surface area contributed by atoms with Crippen molar-refractivity contribution in [3.8, 4) is 5.75 Å². The lowest BCUT2D eigenvalue weighted by molar-refractivity contribution is -0.117. The molecule has 0 spiro atoms. The molecule has 4 unspecified atom stereocenters. The molecule has 0 aliphatic carbocycles. The molecule has 2 fully saturated rings. The summed E-state index contributed by atoms with van der Waals surface area (Å²) in [6.45, 7) is 3.02. The molecule has 2 heterocycles. The summed E-state index contributed by atoms with van der Waals surface area (Å²) >= 11 is 0. The molecule has 21 heavy (non-hydrogen) atoms. The molecule has 2 aliphatic heterocycles. The highest BCUT2D eigenvalue weighted by Gasteiger charge is 2.42. The van der Waals surface area contributed by atoms with Crippen LogP contribution < -0.4 is 4.74 Å². The number of hydrogen-bond donors (Lipinski definition) is 0. The molecule has 4 atom stereocenters. The summed E-state index contributed by atoms with van der Waals surface area (Å²) in [7, 11) is 0.